The molecule has 0 saturated carbocycles. The van der Waals surface area contributed by atoms with Gasteiger partial charge in [0.1, 0.15) is 18.9 Å². The third kappa shape index (κ3) is 6.11. The Labute approximate surface area is 213 Å². The van der Waals surface area contributed by atoms with Crippen molar-refractivity contribution in [2.75, 3.05) is 32.8 Å². The van der Waals surface area contributed by atoms with Crippen molar-refractivity contribution in [2.45, 2.75) is 6.61 Å². The highest BCUT2D eigenvalue weighted by Gasteiger charge is 2.37. The van der Waals surface area contributed by atoms with Crippen molar-refractivity contribution in [3.05, 3.63) is 68.5 Å². The molecule has 0 aromatic heterocycles. The first kappa shape index (κ1) is 25.0. The highest BCUT2D eigenvalue weighted by Crippen LogP contribution is 2.34. The summed E-state index contributed by atoms with van der Waals surface area (Å²) in [6.07, 6.45) is 1.60. The van der Waals surface area contributed by atoms with E-state index in [1.807, 2.05) is 0 Å². The topological polar surface area (TPSA) is 113 Å². The molecule has 2 fully saturated rings. The van der Waals surface area contributed by atoms with E-state index in [0.717, 1.165) is 22.2 Å². The summed E-state index contributed by atoms with van der Waals surface area (Å²) in [6, 6.07) is 11.6. The fourth-order valence-electron chi connectivity index (χ4n) is 3.46. The van der Waals surface area contributed by atoms with Crippen molar-refractivity contribution in [1.29, 1.82) is 0 Å². The summed E-state index contributed by atoms with van der Waals surface area (Å²) in [7, 11) is 0. The Morgan fingerprint density at radius 3 is 2.49 bits per heavy atom. The number of hydrogen-bond donors (Lipinski definition) is 1. The van der Waals surface area contributed by atoms with Gasteiger partial charge < -0.3 is 19.5 Å². The maximum atomic E-state index is 12.8. The van der Waals surface area contributed by atoms with E-state index in [9.17, 15) is 19.2 Å². The fraction of sp³-hybridized carbons (Fsp3) is 0.250. The molecule has 2 aromatic carbocycles. The molecule has 0 unspecified atom stereocenters. The van der Waals surface area contributed by atoms with Crippen LogP contribution in [0.3, 0.4) is 0 Å². The van der Waals surface area contributed by atoms with Gasteiger partial charge in [-0.2, -0.15) is 0 Å². The van der Waals surface area contributed by atoms with Gasteiger partial charge in [0.25, 0.3) is 11.1 Å². The summed E-state index contributed by atoms with van der Waals surface area (Å²) in [6.45, 7) is 1.74. The van der Waals surface area contributed by atoms with E-state index in [2.05, 4.69) is 15.9 Å². The number of halogens is 1. The number of benzene rings is 2. The number of imide groups is 1. The number of rotatable bonds is 7. The minimum Gasteiger partial charge on any atom is -0.488 e. The van der Waals surface area contributed by atoms with Gasteiger partial charge in [-0.1, -0.05) is 18.2 Å². The molecule has 2 saturated heterocycles. The van der Waals surface area contributed by atoms with Crippen LogP contribution < -0.4 is 4.74 Å². The Bertz CT molecular complexity index is 1190. The molecule has 182 valence electrons. The van der Waals surface area contributed by atoms with Crippen molar-refractivity contribution >= 4 is 56.8 Å². The second-order valence-electron chi connectivity index (χ2n) is 7.74. The number of carboxylic acids is 1. The van der Waals surface area contributed by atoms with Crippen LogP contribution >= 0.6 is 27.7 Å². The number of carboxylic acid groups (broad SMARTS) is 1. The van der Waals surface area contributed by atoms with Gasteiger partial charge in [0.05, 0.1) is 28.2 Å². The molecule has 2 aliphatic heterocycles. The largest absolute Gasteiger partial charge is 0.488 e. The third-order valence-corrected chi connectivity index (χ3v) is 6.91. The predicted molar refractivity (Wildman–Crippen MR) is 132 cm³/mol. The molecular weight excluding hydrogens is 540 g/mol. The van der Waals surface area contributed by atoms with Crippen LogP contribution in [0.4, 0.5) is 4.79 Å². The van der Waals surface area contributed by atoms with Gasteiger partial charge >= 0.3 is 5.97 Å². The molecule has 11 heteroatoms. The predicted octanol–water partition coefficient (Wildman–Crippen LogP) is 3.62. The second-order valence-corrected chi connectivity index (χ2v) is 9.59. The van der Waals surface area contributed by atoms with Crippen LogP contribution in [0.15, 0.2) is 51.8 Å². The zero-order chi connectivity index (χ0) is 24.9. The number of morpholine rings is 1. The Kier molecular flexibility index (Phi) is 7.89. The highest BCUT2D eigenvalue weighted by molar-refractivity contribution is 9.10. The summed E-state index contributed by atoms with van der Waals surface area (Å²) in [5.41, 5.74) is 1.69. The average Bonchev–Trinajstić information content (AvgIpc) is 3.11. The molecule has 1 N–H and O–H groups in total. The summed E-state index contributed by atoms with van der Waals surface area (Å²) < 4.78 is 11.7. The van der Waals surface area contributed by atoms with Gasteiger partial charge in [-0.15, -0.1) is 0 Å². The van der Waals surface area contributed by atoms with Crippen LogP contribution in [-0.4, -0.2) is 70.8 Å². The zero-order valence-corrected chi connectivity index (χ0v) is 20.8. The molecule has 4 rings (SSSR count). The first-order valence-electron chi connectivity index (χ1n) is 10.7. The molecular formula is C24H21BrN2O7S. The number of nitrogens with zero attached hydrogens (tertiary/aromatic N) is 2. The summed E-state index contributed by atoms with van der Waals surface area (Å²) in [5, 5.41) is 8.50. The highest BCUT2D eigenvalue weighted by atomic mass is 79.9. The third-order valence-electron chi connectivity index (χ3n) is 5.38. The van der Waals surface area contributed by atoms with Gasteiger partial charge in [0.2, 0.25) is 5.91 Å². The van der Waals surface area contributed by atoms with E-state index in [0.29, 0.717) is 42.1 Å². The van der Waals surface area contributed by atoms with Crippen LogP contribution in [0, 0.1) is 0 Å². The first-order valence-corrected chi connectivity index (χ1v) is 12.3. The molecule has 2 heterocycles. The molecule has 2 aromatic rings. The van der Waals surface area contributed by atoms with Gasteiger partial charge in [-0.3, -0.25) is 19.3 Å². The number of carbonyl (C=O) groups excluding carboxylic acids is 3. The standard InChI is InChI=1S/C24H21BrN2O7S/c25-18-11-16(3-6-19(18)34-14-15-1-4-17(5-2-15)23(30)31)12-20-22(29)27(24(32)35-20)13-21(28)26-7-9-33-10-8-26/h1-6,11-12H,7-10,13-14H2,(H,30,31)/b20-12+. The number of amides is 3. The smallest absolute Gasteiger partial charge is 0.335 e. The van der Waals surface area contributed by atoms with Gasteiger partial charge in [-0.25, -0.2) is 4.79 Å². The SMILES string of the molecule is O=C(O)c1ccc(COc2ccc(/C=C3/SC(=O)N(CC(=O)N4CCOCC4)C3=O)cc2Br)cc1. The van der Waals surface area contributed by atoms with Crippen LogP contribution in [0.25, 0.3) is 6.08 Å². The Balaban J connectivity index is 1.38. The Morgan fingerprint density at radius 2 is 1.83 bits per heavy atom. The maximum absolute atomic E-state index is 12.8. The van der Waals surface area contributed by atoms with Crippen molar-refractivity contribution in [3.63, 3.8) is 0 Å². The minimum atomic E-state index is -0.989. The lowest BCUT2D eigenvalue weighted by Crippen LogP contribution is -2.46. The number of ether oxygens (including phenoxy) is 2. The Morgan fingerprint density at radius 1 is 1.11 bits per heavy atom. The van der Waals surface area contributed by atoms with E-state index in [1.165, 1.54) is 12.1 Å². The first-order chi connectivity index (χ1) is 16.8. The van der Waals surface area contributed by atoms with Crippen LogP contribution in [0.5, 0.6) is 5.75 Å². The monoisotopic (exact) mass is 560 g/mol. The number of carbonyl (C=O) groups is 4. The molecule has 0 radical (unpaired) electrons. The molecule has 0 atom stereocenters. The van der Waals surface area contributed by atoms with E-state index < -0.39 is 17.1 Å². The number of hydrogen-bond acceptors (Lipinski definition) is 7. The van der Waals surface area contributed by atoms with Gasteiger partial charge in [-0.05, 0) is 69.2 Å². The molecule has 0 aliphatic carbocycles. The average molecular weight is 561 g/mol. The van der Waals surface area contributed by atoms with Crippen molar-refractivity contribution in [2.24, 2.45) is 0 Å². The molecule has 0 bridgehead atoms. The minimum absolute atomic E-state index is 0.203. The normalized spacial score (nSPS) is 17.2. The van der Waals surface area contributed by atoms with E-state index in [-0.39, 0.29) is 29.5 Å². The zero-order valence-electron chi connectivity index (χ0n) is 18.4. The van der Waals surface area contributed by atoms with Gasteiger partial charge in [0, 0.05) is 13.1 Å². The van der Waals surface area contributed by atoms with E-state index >= 15 is 0 Å². The quantitative estimate of drug-likeness (QED) is 0.511. The number of aromatic carboxylic acids is 1. The Hall–Kier alpha value is -3.15. The van der Waals surface area contributed by atoms with Crippen LogP contribution in [0.1, 0.15) is 21.5 Å². The fourth-order valence-corrected chi connectivity index (χ4v) is 4.81. The molecule has 9 nitrogen and oxygen atoms in total. The summed E-state index contributed by atoms with van der Waals surface area (Å²) in [4.78, 5) is 51.3. The molecule has 3 amide bonds. The lowest BCUT2D eigenvalue weighted by Gasteiger charge is -2.28. The second kappa shape index (κ2) is 11.1. The van der Waals surface area contributed by atoms with E-state index in [4.69, 9.17) is 14.6 Å². The van der Waals surface area contributed by atoms with Crippen molar-refractivity contribution < 1.29 is 33.8 Å². The lowest BCUT2D eigenvalue weighted by molar-refractivity contribution is -0.139. The number of thioether (sulfide) groups is 1. The molecule has 2 aliphatic rings. The molecule has 0 spiro atoms. The van der Waals surface area contributed by atoms with Gasteiger partial charge in [0.15, 0.2) is 0 Å². The maximum Gasteiger partial charge on any atom is 0.335 e. The summed E-state index contributed by atoms with van der Waals surface area (Å²) >= 11 is 4.26. The lowest BCUT2D eigenvalue weighted by atomic mass is 10.1. The van der Waals surface area contributed by atoms with Crippen molar-refractivity contribution in [1.82, 2.24) is 9.80 Å². The van der Waals surface area contributed by atoms with Crippen LogP contribution in [0.2, 0.25) is 0 Å². The summed E-state index contributed by atoms with van der Waals surface area (Å²) in [5.74, 6) is -1.20. The van der Waals surface area contributed by atoms with Crippen LogP contribution in [-0.2, 0) is 20.9 Å². The van der Waals surface area contributed by atoms with Crippen molar-refractivity contribution in [3.8, 4) is 5.75 Å². The van der Waals surface area contributed by atoms with E-state index in [1.54, 1.807) is 41.3 Å². The molecule has 35 heavy (non-hydrogen) atoms.